The Morgan fingerprint density at radius 2 is 1.88 bits per heavy atom. The molecule has 0 spiro atoms. The zero-order valence-corrected chi connectivity index (χ0v) is 11.0. The zero-order valence-electron chi connectivity index (χ0n) is 11.0. The number of benzene rings is 1. The Labute approximate surface area is 103 Å². The predicted octanol–water partition coefficient (Wildman–Crippen LogP) is 2.92. The third-order valence-electron chi connectivity index (χ3n) is 2.60. The summed E-state index contributed by atoms with van der Waals surface area (Å²) in [4.78, 5) is 11.2. The van der Waals surface area contributed by atoms with Crippen molar-refractivity contribution in [3.63, 3.8) is 0 Å². The summed E-state index contributed by atoms with van der Waals surface area (Å²) in [6, 6.07) is 7.93. The van der Waals surface area contributed by atoms with Gasteiger partial charge in [-0.1, -0.05) is 26.0 Å². The molecule has 1 N–H and O–H groups in total. The van der Waals surface area contributed by atoms with Crippen LogP contribution in [0.4, 0.5) is 0 Å². The lowest BCUT2D eigenvalue weighted by Gasteiger charge is -2.20. The highest BCUT2D eigenvalue weighted by molar-refractivity contribution is 5.73. The monoisotopic (exact) mass is 235 g/mol. The highest BCUT2D eigenvalue weighted by Gasteiger charge is 2.14. The van der Waals surface area contributed by atoms with Gasteiger partial charge >= 0.3 is 0 Å². The van der Waals surface area contributed by atoms with E-state index in [1.54, 1.807) is 14.0 Å². The second-order valence-corrected chi connectivity index (χ2v) is 4.66. The normalized spacial score (nSPS) is 12.3. The molecular weight excluding hydrogens is 214 g/mol. The maximum atomic E-state index is 11.2. The van der Waals surface area contributed by atoms with Gasteiger partial charge in [0.1, 0.15) is 5.75 Å². The first kappa shape index (κ1) is 13.6. The predicted molar refractivity (Wildman–Crippen MR) is 69.0 cm³/mol. The number of ether oxygens (including phenoxy) is 1. The molecule has 0 bridgehead atoms. The van der Waals surface area contributed by atoms with Crippen molar-refractivity contribution in [2.24, 2.45) is 5.92 Å². The van der Waals surface area contributed by atoms with Gasteiger partial charge < -0.3 is 10.1 Å². The summed E-state index contributed by atoms with van der Waals surface area (Å²) in [5.74, 6) is 1.38. The van der Waals surface area contributed by atoms with Crippen LogP contribution in [0, 0.1) is 5.92 Å². The highest BCUT2D eigenvalue weighted by atomic mass is 16.5. The Morgan fingerprint density at radius 3 is 2.29 bits per heavy atom. The second-order valence-electron chi connectivity index (χ2n) is 4.66. The van der Waals surface area contributed by atoms with Crippen LogP contribution in [0.5, 0.6) is 5.75 Å². The fourth-order valence-corrected chi connectivity index (χ4v) is 1.83. The fourth-order valence-electron chi connectivity index (χ4n) is 1.83. The van der Waals surface area contributed by atoms with Crippen molar-refractivity contribution < 1.29 is 9.53 Å². The van der Waals surface area contributed by atoms with Crippen LogP contribution in [0.25, 0.3) is 0 Å². The molecule has 0 unspecified atom stereocenters. The molecule has 1 amide bonds. The first-order valence-electron chi connectivity index (χ1n) is 5.94. The van der Waals surface area contributed by atoms with Gasteiger partial charge in [0.25, 0.3) is 0 Å². The van der Waals surface area contributed by atoms with Crippen molar-refractivity contribution in [3.05, 3.63) is 29.8 Å². The molecule has 0 fully saturated rings. The summed E-state index contributed by atoms with van der Waals surface area (Å²) in [5, 5.41) is 2.99. The quantitative estimate of drug-likeness (QED) is 0.852. The van der Waals surface area contributed by atoms with Gasteiger partial charge in [-0.2, -0.15) is 0 Å². The SMILES string of the molecule is COc1ccc([C@H](CC(C)C)NC(C)=O)cc1. The third-order valence-corrected chi connectivity index (χ3v) is 2.60. The van der Waals surface area contributed by atoms with E-state index in [0.29, 0.717) is 5.92 Å². The molecule has 0 saturated carbocycles. The van der Waals surface area contributed by atoms with Gasteiger partial charge in [-0.05, 0) is 30.0 Å². The van der Waals surface area contributed by atoms with E-state index < -0.39 is 0 Å². The number of carbonyl (C=O) groups is 1. The van der Waals surface area contributed by atoms with E-state index in [9.17, 15) is 4.79 Å². The van der Waals surface area contributed by atoms with Crippen LogP contribution in [0.1, 0.15) is 38.8 Å². The van der Waals surface area contributed by atoms with Crippen LogP contribution in [0.3, 0.4) is 0 Å². The summed E-state index contributed by atoms with van der Waals surface area (Å²) in [6.07, 6.45) is 0.936. The Bertz CT molecular complexity index is 357. The van der Waals surface area contributed by atoms with E-state index in [1.165, 1.54) is 0 Å². The van der Waals surface area contributed by atoms with Crippen molar-refractivity contribution in [3.8, 4) is 5.75 Å². The van der Waals surface area contributed by atoms with Crippen LogP contribution in [-0.4, -0.2) is 13.0 Å². The molecule has 0 heterocycles. The number of hydrogen-bond donors (Lipinski definition) is 1. The number of hydrogen-bond acceptors (Lipinski definition) is 2. The summed E-state index contributed by atoms with van der Waals surface area (Å²) >= 11 is 0. The van der Waals surface area contributed by atoms with E-state index in [-0.39, 0.29) is 11.9 Å². The molecule has 0 aliphatic carbocycles. The van der Waals surface area contributed by atoms with Crippen LogP contribution >= 0.6 is 0 Å². The van der Waals surface area contributed by atoms with Crippen LogP contribution in [0.2, 0.25) is 0 Å². The highest BCUT2D eigenvalue weighted by Crippen LogP contribution is 2.23. The van der Waals surface area contributed by atoms with E-state index in [1.807, 2.05) is 24.3 Å². The molecule has 1 rings (SSSR count). The number of nitrogens with one attached hydrogen (secondary N) is 1. The number of methoxy groups -OCH3 is 1. The van der Waals surface area contributed by atoms with Crippen LogP contribution < -0.4 is 10.1 Å². The van der Waals surface area contributed by atoms with Crippen molar-refractivity contribution in [2.45, 2.75) is 33.2 Å². The molecule has 3 nitrogen and oxygen atoms in total. The van der Waals surface area contributed by atoms with Crippen LogP contribution in [-0.2, 0) is 4.79 Å². The van der Waals surface area contributed by atoms with E-state index in [2.05, 4.69) is 19.2 Å². The smallest absolute Gasteiger partial charge is 0.217 e. The number of rotatable bonds is 5. The third kappa shape index (κ3) is 4.47. The van der Waals surface area contributed by atoms with Gasteiger partial charge in [0.2, 0.25) is 5.91 Å². The maximum absolute atomic E-state index is 11.2. The minimum absolute atomic E-state index is 0.00599. The van der Waals surface area contributed by atoms with Crippen molar-refractivity contribution in [1.29, 1.82) is 0 Å². The molecule has 1 aromatic carbocycles. The van der Waals surface area contributed by atoms with Crippen molar-refractivity contribution in [2.75, 3.05) is 7.11 Å². The van der Waals surface area contributed by atoms with Gasteiger partial charge in [-0.25, -0.2) is 0 Å². The molecule has 0 aliphatic rings. The molecule has 1 aromatic rings. The Balaban J connectivity index is 2.83. The molecular formula is C14H21NO2. The lowest BCUT2D eigenvalue weighted by molar-refractivity contribution is -0.119. The van der Waals surface area contributed by atoms with Crippen molar-refractivity contribution >= 4 is 5.91 Å². The molecule has 0 saturated heterocycles. The second kappa shape index (κ2) is 6.28. The average molecular weight is 235 g/mol. The topological polar surface area (TPSA) is 38.3 Å². The average Bonchev–Trinajstić information content (AvgIpc) is 2.27. The summed E-state index contributed by atoms with van der Waals surface area (Å²) < 4.78 is 5.12. The minimum Gasteiger partial charge on any atom is -0.497 e. The van der Waals surface area contributed by atoms with Crippen LogP contribution in [0.15, 0.2) is 24.3 Å². The summed E-state index contributed by atoms with van der Waals surface area (Å²) in [5.41, 5.74) is 1.12. The van der Waals surface area contributed by atoms with E-state index >= 15 is 0 Å². The van der Waals surface area contributed by atoms with Crippen molar-refractivity contribution in [1.82, 2.24) is 5.32 Å². The Hall–Kier alpha value is -1.51. The number of carbonyl (C=O) groups excluding carboxylic acids is 1. The van der Waals surface area contributed by atoms with Gasteiger partial charge in [0.05, 0.1) is 13.2 Å². The zero-order chi connectivity index (χ0) is 12.8. The molecule has 94 valence electrons. The maximum Gasteiger partial charge on any atom is 0.217 e. The standard InChI is InChI=1S/C14H21NO2/c1-10(2)9-14(15-11(3)16)12-5-7-13(17-4)8-6-12/h5-8,10,14H,9H2,1-4H3,(H,15,16)/t14-/m0/s1. The first-order chi connectivity index (χ1) is 8.02. The van der Waals surface area contributed by atoms with Gasteiger partial charge in [0, 0.05) is 6.92 Å². The van der Waals surface area contributed by atoms with Gasteiger partial charge in [-0.3, -0.25) is 4.79 Å². The fraction of sp³-hybridized carbons (Fsp3) is 0.500. The van der Waals surface area contributed by atoms with Gasteiger partial charge in [0.15, 0.2) is 0 Å². The van der Waals surface area contributed by atoms with Gasteiger partial charge in [-0.15, -0.1) is 0 Å². The molecule has 17 heavy (non-hydrogen) atoms. The lowest BCUT2D eigenvalue weighted by Crippen LogP contribution is -2.27. The molecule has 1 atom stereocenters. The molecule has 0 aromatic heterocycles. The molecule has 3 heteroatoms. The van der Waals surface area contributed by atoms with E-state index in [4.69, 9.17) is 4.74 Å². The lowest BCUT2D eigenvalue weighted by atomic mass is 9.97. The first-order valence-corrected chi connectivity index (χ1v) is 5.94. The van der Waals surface area contributed by atoms with E-state index in [0.717, 1.165) is 17.7 Å². The summed E-state index contributed by atoms with van der Waals surface area (Å²) in [6.45, 7) is 5.85. The minimum atomic E-state index is 0.00599. The summed E-state index contributed by atoms with van der Waals surface area (Å²) in [7, 11) is 1.65. The molecule has 0 aliphatic heterocycles. The largest absolute Gasteiger partial charge is 0.497 e. The number of amides is 1. The molecule has 0 radical (unpaired) electrons. The Morgan fingerprint density at radius 1 is 1.29 bits per heavy atom. The Kier molecular flexibility index (Phi) is 5.01.